The lowest BCUT2D eigenvalue weighted by Crippen LogP contribution is -2.36. The average Bonchev–Trinajstić information content (AvgIpc) is 3.09. The summed E-state index contributed by atoms with van der Waals surface area (Å²) >= 11 is 0. The summed E-state index contributed by atoms with van der Waals surface area (Å²) in [7, 11) is 1.72. The van der Waals surface area contributed by atoms with Crippen LogP contribution in [-0.4, -0.2) is 27.8 Å². The molecule has 0 spiro atoms. The Balaban J connectivity index is 0.00000200. The lowest BCUT2D eigenvalue weighted by atomic mass is 10.4. The van der Waals surface area contributed by atoms with E-state index in [-0.39, 0.29) is 24.0 Å². The molecule has 110 valence electrons. The number of hydrogen-bond acceptors (Lipinski definition) is 4. The molecule has 0 bridgehead atoms. The molecule has 0 unspecified atom stereocenters. The molecule has 0 atom stereocenters. The van der Waals surface area contributed by atoms with Crippen LogP contribution >= 0.6 is 24.0 Å². The van der Waals surface area contributed by atoms with E-state index in [0.29, 0.717) is 19.0 Å². The van der Waals surface area contributed by atoms with Crippen LogP contribution in [0.4, 0.5) is 0 Å². The molecule has 0 aromatic carbocycles. The Hall–Kier alpha value is -1.58. The molecule has 0 saturated heterocycles. The van der Waals surface area contributed by atoms with Crippen molar-refractivity contribution in [3.8, 4) is 0 Å². The molecular formula is C12H19IN6O. The van der Waals surface area contributed by atoms with Crippen LogP contribution in [0.2, 0.25) is 0 Å². The number of hydrogen-bond donors (Lipinski definition) is 2. The van der Waals surface area contributed by atoms with Crippen molar-refractivity contribution in [3.05, 3.63) is 36.3 Å². The second-order valence-electron chi connectivity index (χ2n) is 3.89. The van der Waals surface area contributed by atoms with Crippen LogP contribution in [0.1, 0.15) is 18.5 Å². The average molecular weight is 390 g/mol. The molecule has 7 nitrogen and oxygen atoms in total. The van der Waals surface area contributed by atoms with E-state index in [1.807, 2.05) is 16.7 Å². The summed E-state index contributed by atoms with van der Waals surface area (Å²) in [4.78, 5) is 4.14. The molecular weight excluding hydrogens is 371 g/mol. The van der Waals surface area contributed by atoms with Crippen molar-refractivity contribution in [2.24, 2.45) is 4.99 Å². The predicted molar refractivity (Wildman–Crippen MR) is 86.9 cm³/mol. The Kier molecular flexibility index (Phi) is 7.05. The lowest BCUT2D eigenvalue weighted by molar-refractivity contribution is 0.501. The highest BCUT2D eigenvalue weighted by Gasteiger charge is 2.04. The maximum Gasteiger partial charge on any atom is 0.191 e. The van der Waals surface area contributed by atoms with Gasteiger partial charge in [0.05, 0.1) is 19.4 Å². The van der Waals surface area contributed by atoms with E-state index in [4.69, 9.17) is 4.42 Å². The van der Waals surface area contributed by atoms with E-state index in [9.17, 15) is 0 Å². The molecule has 0 amide bonds. The molecule has 0 aliphatic rings. The normalized spacial score (nSPS) is 11.0. The van der Waals surface area contributed by atoms with Gasteiger partial charge in [0, 0.05) is 13.6 Å². The van der Waals surface area contributed by atoms with Crippen molar-refractivity contribution in [1.29, 1.82) is 0 Å². The summed E-state index contributed by atoms with van der Waals surface area (Å²) < 4.78 is 7.22. The SMILES string of the molecule is CCn1cnnc1CNC(=NC)NCc1ccco1.I. The predicted octanol–water partition coefficient (Wildman–Crippen LogP) is 1.37. The molecule has 0 radical (unpaired) electrons. The van der Waals surface area contributed by atoms with Gasteiger partial charge >= 0.3 is 0 Å². The quantitative estimate of drug-likeness (QED) is 0.458. The largest absolute Gasteiger partial charge is 0.467 e. The summed E-state index contributed by atoms with van der Waals surface area (Å²) in [6.07, 6.45) is 3.37. The Morgan fingerprint density at radius 3 is 2.85 bits per heavy atom. The Morgan fingerprint density at radius 1 is 1.40 bits per heavy atom. The standard InChI is InChI=1S/C12H18N6O.HI/c1-3-18-9-16-17-11(18)8-15-12(13-2)14-7-10-5-4-6-19-10;/h4-6,9H,3,7-8H2,1-2H3,(H2,13,14,15);1H. The van der Waals surface area contributed by atoms with Crippen LogP contribution in [0.5, 0.6) is 0 Å². The van der Waals surface area contributed by atoms with Gasteiger partial charge in [0.25, 0.3) is 0 Å². The van der Waals surface area contributed by atoms with Crippen LogP contribution in [0.25, 0.3) is 0 Å². The van der Waals surface area contributed by atoms with Crippen molar-refractivity contribution in [1.82, 2.24) is 25.4 Å². The van der Waals surface area contributed by atoms with Gasteiger partial charge in [0.1, 0.15) is 12.1 Å². The number of rotatable bonds is 5. The van der Waals surface area contributed by atoms with Gasteiger partial charge in [0.2, 0.25) is 0 Å². The number of aryl methyl sites for hydroxylation is 1. The van der Waals surface area contributed by atoms with Gasteiger partial charge in [-0.15, -0.1) is 34.2 Å². The first kappa shape index (κ1) is 16.5. The fourth-order valence-corrected chi connectivity index (χ4v) is 1.65. The van der Waals surface area contributed by atoms with E-state index < -0.39 is 0 Å². The van der Waals surface area contributed by atoms with Crippen LogP contribution < -0.4 is 10.6 Å². The highest BCUT2D eigenvalue weighted by molar-refractivity contribution is 14.0. The number of furan rings is 1. The van der Waals surface area contributed by atoms with E-state index in [1.165, 1.54) is 0 Å². The van der Waals surface area contributed by atoms with Crippen molar-refractivity contribution < 1.29 is 4.42 Å². The Morgan fingerprint density at radius 2 is 2.20 bits per heavy atom. The van der Waals surface area contributed by atoms with Gasteiger partial charge in [0.15, 0.2) is 11.8 Å². The fraction of sp³-hybridized carbons (Fsp3) is 0.417. The molecule has 8 heteroatoms. The van der Waals surface area contributed by atoms with Crippen LogP contribution in [0, 0.1) is 0 Å². The zero-order chi connectivity index (χ0) is 13.5. The Labute approximate surface area is 134 Å². The molecule has 2 N–H and O–H groups in total. The lowest BCUT2D eigenvalue weighted by Gasteiger charge is -2.10. The van der Waals surface area contributed by atoms with Gasteiger partial charge in [-0.05, 0) is 19.1 Å². The first-order valence-corrected chi connectivity index (χ1v) is 6.17. The monoisotopic (exact) mass is 390 g/mol. The van der Waals surface area contributed by atoms with Crippen LogP contribution in [0.3, 0.4) is 0 Å². The van der Waals surface area contributed by atoms with Crippen molar-refractivity contribution in [2.75, 3.05) is 7.05 Å². The number of nitrogens with one attached hydrogen (secondary N) is 2. The van der Waals surface area contributed by atoms with Crippen molar-refractivity contribution in [2.45, 2.75) is 26.6 Å². The van der Waals surface area contributed by atoms with Crippen molar-refractivity contribution >= 4 is 29.9 Å². The smallest absolute Gasteiger partial charge is 0.191 e. The second-order valence-corrected chi connectivity index (χ2v) is 3.89. The zero-order valence-corrected chi connectivity index (χ0v) is 13.9. The third kappa shape index (κ3) is 4.51. The van der Waals surface area contributed by atoms with Gasteiger partial charge in [-0.25, -0.2) is 0 Å². The van der Waals surface area contributed by atoms with E-state index in [1.54, 1.807) is 19.6 Å². The first-order valence-electron chi connectivity index (χ1n) is 6.17. The van der Waals surface area contributed by atoms with E-state index >= 15 is 0 Å². The van der Waals surface area contributed by atoms with Gasteiger partial charge < -0.3 is 19.6 Å². The molecule has 0 fully saturated rings. The minimum absolute atomic E-state index is 0. The second kappa shape index (κ2) is 8.56. The van der Waals surface area contributed by atoms with Gasteiger partial charge in [-0.1, -0.05) is 0 Å². The number of halogens is 1. The highest BCUT2D eigenvalue weighted by atomic mass is 127. The highest BCUT2D eigenvalue weighted by Crippen LogP contribution is 1.98. The molecule has 2 rings (SSSR count). The molecule has 0 aliphatic heterocycles. The van der Waals surface area contributed by atoms with Gasteiger partial charge in [-0.3, -0.25) is 4.99 Å². The summed E-state index contributed by atoms with van der Waals surface area (Å²) in [6, 6.07) is 3.77. The van der Waals surface area contributed by atoms with E-state index in [0.717, 1.165) is 18.1 Å². The number of aromatic nitrogens is 3. The van der Waals surface area contributed by atoms with Gasteiger partial charge in [-0.2, -0.15) is 0 Å². The summed E-state index contributed by atoms with van der Waals surface area (Å²) in [5, 5.41) is 14.3. The molecule has 0 aliphatic carbocycles. The minimum Gasteiger partial charge on any atom is -0.467 e. The molecule has 2 aromatic heterocycles. The topological polar surface area (TPSA) is 80.3 Å². The van der Waals surface area contributed by atoms with Crippen LogP contribution in [-0.2, 0) is 19.6 Å². The van der Waals surface area contributed by atoms with Crippen LogP contribution in [0.15, 0.2) is 34.1 Å². The first-order chi connectivity index (χ1) is 9.33. The molecule has 0 saturated carbocycles. The fourth-order valence-electron chi connectivity index (χ4n) is 1.65. The molecule has 2 aromatic rings. The third-order valence-electron chi connectivity index (χ3n) is 2.68. The Bertz CT molecular complexity index is 522. The summed E-state index contributed by atoms with van der Waals surface area (Å²) in [5.74, 6) is 2.44. The maximum atomic E-state index is 5.24. The number of aliphatic imine (C=N–C) groups is 1. The molecule has 2 heterocycles. The maximum absolute atomic E-state index is 5.24. The summed E-state index contributed by atoms with van der Waals surface area (Å²) in [6.45, 7) is 4.07. The summed E-state index contributed by atoms with van der Waals surface area (Å²) in [5.41, 5.74) is 0. The van der Waals surface area contributed by atoms with E-state index in [2.05, 4.69) is 32.7 Å². The number of guanidine groups is 1. The zero-order valence-electron chi connectivity index (χ0n) is 11.5. The third-order valence-corrected chi connectivity index (χ3v) is 2.68. The minimum atomic E-state index is 0. The molecule has 20 heavy (non-hydrogen) atoms. The number of nitrogens with zero attached hydrogens (tertiary/aromatic N) is 4. The van der Waals surface area contributed by atoms with Crippen molar-refractivity contribution in [3.63, 3.8) is 0 Å².